The van der Waals surface area contributed by atoms with E-state index in [1.807, 2.05) is 0 Å². The summed E-state index contributed by atoms with van der Waals surface area (Å²) in [5, 5.41) is 9.86. The van der Waals surface area contributed by atoms with Crippen LogP contribution in [0.3, 0.4) is 0 Å². The summed E-state index contributed by atoms with van der Waals surface area (Å²) >= 11 is 11.5. The van der Waals surface area contributed by atoms with Crippen LogP contribution in [0.5, 0.6) is 5.75 Å². The third-order valence-electron chi connectivity index (χ3n) is 2.96. The van der Waals surface area contributed by atoms with Gasteiger partial charge >= 0.3 is 6.18 Å². The summed E-state index contributed by atoms with van der Waals surface area (Å²) in [7, 11) is 0. The van der Waals surface area contributed by atoms with E-state index in [2.05, 4.69) is 0 Å². The van der Waals surface area contributed by atoms with Gasteiger partial charge < -0.3 is 5.11 Å². The Morgan fingerprint density at radius 2 is 1.70 bits per heavy atom. The summed E-state index contributed by atoms with van der Waals surface area (Å²) < 4.78 is 37.4. The molecule has 0 aromatic heterocycles. The van der Waals surface area contributed by atoms with Crippen molar-refractivity contribution in [3.63, 3.8) is 0 Å². The number of carbonyl (C=O) groups is 1. The van der Waals surface area contributed by atoms with Crippen LogP contribution in [0.25, 0.3) is 6.08 Å². The average Bonchev–Trinajstić information content (AvgIpc) is 2.48. The van der Waals surface area contributed by atoms with Crippen LogP contribution in [0.1, 0.15) is 21.5 Å². The van der Waals surface area contributed by atoms with Crippen molar-refractivity contribution in [1.82, 2.24) is 0 Å². The Morgan fingerprint density at radius 1 is 1.09 bits per heavy atom. The van der Waals surface area contributed by atoms with Gasteiger partial charge in [0.15, 0.2) is 5.78 Å². The molecule has 0 saturated carbocycles. The molecule has 0 fully saturated rings. The topological polar surface area (TPSA) is 37.3 Å². The number of phenols is 1. The van der Waals surface area contributed by atoms with Gasteiger partial charge in [0.2, 0.25) is 0 Å². The summed E-state index contributed by atoms with van der Waals surface area (Å²) in [5.74, 6) is -0.982. The molecule has 0 aliphatic rings. The fourth-order valence-corrected chi connectivity index (χ4v) is 2.29. The fourth-order valence-electron chi connectivity index (χ4n) is 1.80. The van der Waals surface area contributed by atoms with Gasteiger partial charge in [-0.15, -0.1) is 0 Å². The van der Waals surface area contributed by atoms with Gasteiger partial charge in [-0.05, 0) is 35.9 Å². The van der Waals surface area contributed by atoms with Crippen LogP contribution in [0.4, 0.5) is 13.2 Å². The average molecular weight is 361 g/mol. The van der Waals surface area contributed by atoms with E-state index in [0.717, 1.165) is 18.2 Å². The van der Waals surface area contributed by atoms with Crippen molar-refractivity contribution in [2.75, 3.05) is 0 Å². The molecule has 120 valence electrons. The molecule has 0 saturated heterocycles. The number of alkyl halides is 3. The van der Waals surface area contributed by atoms with Crippen molar-refractivity contribution >= 4 is 35.1 Å². The largest absolute Gasteiger partial charge is 0.506 e. The van der Waals surface area contributed by atoms with E-state index in [9.17, 15) is 23.1 Å². The molecule has 0 radical (unpaired) electrons. The van der Waals surface area contributed by atoms with Crippen LogP contribution < -0.4 is 0 Å². The molecule has 23 heavy (non-hydrogen) atoms. The maximum Gasteiger partial charge on any atom is 0.416 e. The minimum atomic E-state index is -4.42. The van der Waals surface area contributed by atoms with Gasteiger partial charge in [-0.25, -0.2) is 0 Å². The molecule has 0 heterocycles. The number of hydrogen-bond donors (Lipinski definition) is 1. The van der Waals surface area contributed by atoms with E-state index in [4.69, 9.17) is 23.2 Å². The fraction of sp³-hybridized carbons (Fsp3) is 0.0625. The molecule has 0 amide bonds. The normalized spacial score (nSPS) is 11.9. The van der Waals surface area contributed by atoms with Gasteiger partial charge in [0, 0.05) is 5.02 Å². The van der Waals surface area contributed by atoms with Crippen LogP contribution >= 0.6 is 23.2 Å². The van der Waals surface area contributed by atoms with E-state index in [-0.39, 0.29) is 15.6 Å². The van der Waals surface area contributed by atoms with Crippen molar-refractivity contribution in [3.05, 3.63) is 69.2 Å². The summed E-state index contributed by atoms with van der Waals surface area (Å²) in [5.41, 5.74) is -0.468. The second kappa shape index (κ2) is 6.64. The van der Waals surface area contributed by atoms with Crippen molar-refractivity contribution in [2.24, 2.45) is 0 Å². The molecule has 2 aromatic carbocycles. The van der Waals surface area contributed by atoms with Crippen LogP contribution in [0.15, 0.2) is 42.5 Å². The smallest absolute Gasteiger partial charge is 0.416 e. The summed E-state index contributed by atoms with van der Waals surface area (Å²) in [4.78, 5) is 12.0. The third-order valence-corrected chi connectivity index (χ3v) is 3.47. The van der Waals surface area contributed by atoms with Gasteiger partial charge in [0.1, 0.15) is 5.75 Å². The second-order valence-corrected chi connectivity index (χ2v) is 5.44. The number of halogens is 5. The van der Waals surface area contributed by atoms with Gasteiger partial charge in [0.25, 0.3) is 0 Å². The maximum atomic E-state index is 12.5. The molecular formula is C16H9Cl2F3O2. The highest BCUT2D eigenvalue weighted by Crippen LogP contribution is 2.32. The minimum Gasteiger partial charge on any atom is -0.506 e. The molecule has 2 nitrogen and oxygen atoms in total. The summed E-state index contributed by atoms with van der Waals surface area (Å²) in [6.07, 6.45) is -1.97. The van der Waals surface area contributed by atoms with Crippen LogP contribution in [-0.2, 0) is 6.18 Å². The number of benzene rings is 2. The van der Waals surface area contributed by atoms with E-state index in [1.54, 1.807) is 0 Å². The maximum absolute atomic E-state index is 12.5. The summed E-state index contributed by atoms with van der Waals surface area (Å²) in [6, 6.07) is 6.83. The predicted molar refractivity (Wildman–Crippen MR) is 82.9 cm³/mol. The number of rotatable bonds is 3. The number of carbonyl (C=O) groups excluding carboxylic acids is 1. The van der Waals surface area contributed by atoms with Crippen LogP contribution in [0.2, 0.25) is 10.0 Å². The van der Waals surface area contributed by atoms with Crippen molar-refractivity contribution in [1.29, 1.82) is 0 Å². The molecule has 0 spiro atoms. The number of aromatic hydroxyl groups is 1. The predicted octanol–water partition coefficient (Wildman–Crippen LogP) is 5.61. The molecular weight excluding hydrogens is 352 g/mol. The Labute approximate surface area is 139 Å². The number of ketones is 1. The molecule has 2 aromatic rings. The highest BCUT2D eigenvalue weighted by atomic mass is 35.5. The van der Waals surface area contributed by atoms with Crippen molar-refractivity contribution in [2.45, 2.75) is 6.18 Å². The third kappa shape index (κ3) is 4.27. The van der Waals surface area contributed by atoms with Crippen molar-refractivity contribution < 1.29 is 23.1 Å². The molecule has 0 aliphatic heterocycles. The Hall–Kier alpha value is -1.98. The molecule has 0 aliphatic carbocycles. The van der Waals surface area contributed by atoms with E-state index in [0.29, 0.717) is 5.56 Å². The molecule has 0 unspecified atom stereocenters. The lowest BCUT2D eigenvalue weighted by molar-refractivity contribution is -0.137. The first-order valence-electron chi connectivity index (χ1n) is 6.26. The number of hydrogen-bond acceptors (Lipinski definition) is 2. The number of phenolic OH excluding ortho intramolecular Hbond substituents is 1. The lowest BCUT2D eigenvalue weighted by Gasteiger charge is -2.06. The van der Waals surface area contributed by atoms with Gasteiger partial charge in [-0.3, -0.25) is 4.79 Å². The van der Waals surface area contributed by atoms with E-state index in [1.165, 1.54) is 30.3 Å². The molecule has 2 rings (SSSR count). The first kappa shape index (κ1) is 17.4. The molecule has 0 atom stereocenters. The Balaban J connectivity index is 2.22. The molecule has 1 N–H and O–H groups in total. The second-order valence-electron chi connectivity index (χ2n) is 4.60. The lowest BCUT2D eigenvalue weighted by Crippen LogP contribution is -2.04. The van der Waals surface area contributed by atoms with Crippen LogP contribution in [-0.4, -0.2) is 10.9 Å². The first-order chi connectivity index (χ1) is 10.7. The quantitative estimate of drug-likeness (QED) is 0.570. The Bertz CT molecular complexity index is 766. The summed E-state index contributed by atoms with van der Waals surface area (Å²) in [6.45, 7) is 0. The zero-order valence-corrected chi connectivity index (χ0v) is 12.9. The highest BCUT2D eigenvalue weighted by Gasteiger charge is 2.29. The molecule has 0 bridgehead atoms. The van der Waals surface area contributed by atoms with Gasteiger partial charge in [-0.2, -0.15) is 13.2 Å². The van der Waals surface area contributed by atoms with E-state index < -0.39 is 23.3 Å². The van der Waals surface area contributed by atoms with E-state index >= 15 is 0 Å². The number of allylic oxidation sites excluding steroid dienone is 1. The zero-order chi connectivity index (χ0) is 17.2. The Kier molecular flexibility index (Phi) is 5.02. The monoisotopic (exact) mass is 360 g/mol. The van der Waals surface area contributed by atoms with Gasteiger partial charge in [-0.1, -0.05) is 41.4 Å². The standard InChI is InChI=1S/C16H9Cl2F3O2/c17-11-7-12(15(23)13(18)8-11)14(22)6-3-9-1-4-10(5-2-9)16(19,20)21/h1-8,23H/b6-3+. The highest BCUT2D eigenvalue weighted by molar-refractivity contribution is 6.36. The SMILES string of the molecule is O=C(/C=C/c1ccc(C(F)(F)F)cc1)c1cc(Cl)cc(Cl)c1O. The van der Waals surface area contributed by atoms with Crippen molar-refractivity contribution in [3.8, 4) is 5.75 Å². The lowest BCUT2D eigenvalue weighted by atomic mass is 10.1. The van der Waals surface area contributed by atoms with Gasteiger partial charge in [0.05, 0.1) is 16.1 Å². The zero-order valence-electron chi connectivity index (χ0n) is 11.4. The Morgan fingerprint density at radius 3 is 2.26 bits per heavy atom. The van der Waals surface area contributed by atoms with Crippen LogP contribution in [0, 0.1) is 0 Å². The molecule has 7 heteroatoms. The minimum absolute atomic E-state index is 0.0659. The first-order valence-corrected chi connectivity index (χ1v) is 7.02.